The number of aliphatic hydroxyl groups excluding tert-OH is 1. The highest BCUT2D eigenvalue weighted by Crippen LogP contribution is 2.45. The van der Waals surface area contributed by atoms with Crippen LogP contribution in [0.15, 0.2) is 94.5 Å². The molecule has 11 heteroatoms. The second kappa shape index (κ2) is 13.7. The van der Waals surface area contributed by atoms with Crippen molar-refractivity contribution in [2.24, 2.45) is 0 Å². The number of hydrogen-bond acceptors (Lipinski definition) is 9. The Bertz CT molecular complexity index is 1670. The van der Waals surface area contributed by atoms with Gasteiger partial charge >= 0.3 is 0 Å². The van der Waals surface area contributed by atoms with E-state index < -0.39 is 23.5 Å². The quantitative estimate of drug-likeness (QED) is 0.104. The molecule has 1 atom stereocenters. The summed E-state index contributed by atoms with van der Waals surface area (Å²) in [4.78, 5) is 28.4. The smallest absolute Gasteiger partial charge is 0.296 e. The molecular formula is C32H28FN3O5S2. The Kier molecular flexibility index (Phi) is 9.53. The van der Waals surface area contributed by atoms with Crippen molar-refractivity contribution in [3.05, 3.63) is 113 Å². The summed E-state index contributed by atoms with van der Waals surface area (Å²) in [7, 11) is 0. The number of nitrogens with zero attached hydrogens (tertiary/aromatic N) is 3. The molecule has 0 bridgehead atoms. The maximum Gasteiger partial charge on any atom is 0.296 e. The molecule has 1 aliphatic heterocycles. The maximum absolute atomic E-state index is 13.6. The number of thioether (sulfide) groups is 1. The van der Waals surface area contributed by atoms with Crippen LogP contribution in [-0.2, 0) is 15.3 Å². The number of aromatic nitrogens is 2. The lowest BCUT2D eigenvalue weighted by molar-refractivity contribution is -0.117. The van der Waals surface area contributed by atoms with E-state index in [1.54, 1.807) is 36.4 Å². The molecule has 0 radical (unpaired) electrons. The molecule has 0 saturated heterocycles. The summed E-state index contributed by atoms with van der Waals surface area (Å²) in [6.07, 6.45) is 2.97. The number of anilines is 1. The molecule has 1 N–H and O–H groups in total. The van der Waals surface area contributed by atoms with Crippen LogP contribution in [0.3, 0.4) is 0 Å². The molecule has 43 heavy (non-hydrogen) atoms. The minimum Gasteiger partial charge on any atom is -0.503 e. The predicted octanol–water partition coefficient (Wildman–Crippen LogP) is 6.95. The Morgan fingerprint density at radius 3 is 2.47 bits per heavy atom. The third-order valence-corrected chi connectivity index (χ3v) is 8.59. The lowest BCUT2D eigenvalue weighted by atomic mass is 9.95. The van der Waals surface area contributed by atoms with Crippen LogP contribution in [0.4, 0.5) is 9.52 Å². The molecule has 4 aromatic rings. The highest BCUT2D eigenvalue weighted by atomic mass is 32.2. The van der Waals surface area contributed by atoms with Crippen molar-refractivity contribution in [3.8, 4) is 11.5 Å². The van der Waals surface area contributed by atoms with E-state index in [9.17, 15) is 19.1 Å². The summed E-state index contributed by atoms with van der Waals surface area (Å²) >= 11 is 2.54. The monoisotopic (exact) mass is 617 g/mol. The zero-order valence-corrected chi connectivity index (χ0v) is 25.0. The van der Waals surface area contributed by atoms with Crippen molar-refractivity contribution in [1.82, 2.24) is 10.2 Å². The molecule has 5 rings (SSSR count). The van der Waals surface area contributed by atoms with Gasteiger partial charge in [-0.15, -0.1) is 10.2 Å². The average Bonchev–Trinajstić information content (AvgIpc) is 3.59. The van der Waals surface area contributed by atoms with Crippen LogP contribution in [-0.4, -0.2) is 40.2 Å². The van der Waals surface area contributed by atoms with Crippen molar-refractivity contribution < 1.29 is 28.6 Å². The number of carbonyl (C=O) groups is 2. The van der Waals surface area contributed by atoms with Gasteiger partial charge in [-0.1, -0.05) is 77.7 Å². The SMILES string of the molecule is CCOc1ccc(C2C(C(=O)C=Cc3ccccc3)=C(O)C(=O)N2c2nnc(SCc3ccc(F)cc3)s2)cc1OCC. The first-order valence-electron chi connectivity index (χ1n) is 13.5. The molecule has 1 unspecified atom stereocenters. The summed E-state index contributed by atoms with van der Waals surface area (Å²) in [6, 6.07) is 19.6. The minimum absolute atomic E-state index is 0.0838. The molecule has 1 aromatic heterocycles. The molecule has 0 aliphatic carbocycles. The number of allylic oxidation sites excluding steroid dienone is 1. The summed E-state index contributed by atoms with van der Waals surface area (Å²) in [5.74, 6) is -0.784. The van der Waals surface area contributed by atoms with E-state index in [1.165, 1.54) is 34.9 Å². The molecule has 1 amide bonds. The third-order valence-electron chi connectivity index (χ3n) is 6.46. The van der Waals surface area contributed by atoms with Crippen LogP contribution in [0.5, 0.6) is 11.5 Å². The van der Waals surface area contributed by atoms with E-state index in [-0.39, 0.29) is 16.5 Å². The second-order valence-electron chi connectivity index (χ2n) is 9.29. The molecular weight excluding hydrogens is 590 g/mol. The van der Waals surface area contributed by atoms with E-state index in [0.29, 0.717) is 40.4 Å². The molecule has 0 spiro atoms. The first kappa shape index (κ1) is 30.0. The van der Waals surface area contributed by atoms with Gasteiger partial charge in [-0.05, 0) is 60.9 Å². The highest BCUT2D eigenvalue weighted by molar-refractivity contribution is 8.00. The van der Waals surface area contributed by atoms with Crippen LogP contribution >= 0.6 is 23.1 Å². The average molecular weight is 618 g/mol. The highest BCUT2D eigenvalue weighted by Gasteiger charge is 2.45. The van der Waals surface area contributed by atoms with Crippen LogP contribution in [0.1, 0.15) is 36.6 Å². The number of rotatable bonds is 12. The van der Waals surface area contributed by atoms with Crippen LogP contribution < -0.4 is 14.4 Å². The summed E-state index contributed by atoms with van der Waals surface area (Å²) in [5, 5.41) is 19.8. The summed E-state index contributed by atoms with van der Waals surface area (Å²) < 4.78 is 25.4. The fourth-order valence-corrected chi connectivity index (χ4v) is 6.34. The van der Waals surface area contributed by atoms with Gasteiger partial charge in [-0.25, -0.2) is 4.39 Å². The van der Waals surface area contributed by atoms with Gasteiger partial charge < -0.3 is 14.6 Å². The van der Waals surface area contributed by atoms with Crippen molar-refractivity contribution in [3.63, 3.8) is 0 Å². The molecule has 220 valence electrons. The second-order valence-corrected chi connectivity index (χ2v) is 11.5. The van der Waals surface area contributed by atoms with Crippen molar-refractivity contribution in [2.75, 3.05) is 18.1 Å². The van der Waals surface area contributed by atoms with Crippen LogP contribution in [0, 0.1) is 5.82 Å². The lowest BCUT2D eigenvalue weighted by Crippen LogP contribution is -2.31. The molecule has 8 nitrogen and oxygen atoms in total. The lowest BCUT2D eigenvalue weighted by Gasteiger charge is -2.24. The fraction of sp³-hybridized carbons (Fsp3) is 0.188. The summed E-state index contributed by atoms with van der Waals surface area (Å²) in [5.41, 5.74) is 2.13. The molecule has 2 heterocycles. The van der Waals surface area contributed by atoms with Gasteiger partial charge in [0.15, 0.2) is 27.4 Å². The Hall–Kier alpha value is -4.48. The largest absolute Gasteiger partial charge is 0.503 e. The normalized spacial score (nSPS) is 15.0. The van der Waals surface area contributed by atoms with Gasteiger partial charge in [0, 0.05) is 5.75 Å². The number of amides is 1. The van der Waals surface area contributed by atoms with Gasteiger partial charge in [0.05, 0.1) is 24.8 Å². The molecule has 1 aliphatic rings. The van der Waals surface area contributed by atoms with Crippen LogP contribution in [0.2, 0.25) is 0 Å². The maximum atomic E-state index is 13.6. The number of hydrogen-bond donors (Lipinski definition) is 1. The first-order valence-corrected chi connectivity index (χ1v) is 15.3. The number of ketones is 1. The zero-order valence-electron chi connectivity index (χ0n) is 23.4. The van der Waals surface area contributed by atoms with Gasteiger partial charge in [-0.3, -0.25) is 14.5 Å². The van der Waals surface area contributed by atoms with E-state index in [2.05, 4.69) is 10.2 Å². The predicted molar refractivity (Wildman–Crippen MR) is 165 cm³/mol. The Morgan fingerprint density at radius 1 is 1.02 bits per heavy atom. The summed E-state index contributed by atoms with van der Waals surface area (Å²) in [6.45, 7) is 4.49. The van der Waals surface area contributed by atoms with Crippen molar-refractivity contribution >= 4 is 46.0 Å². The Labute approximate surface area is 256 Å². The molecule has 0 fully saturated rings. The number of ether oxygens (including phenoxy) is 2. The van der Waals surface area contributed by atoms with Gasteiger partial charge in [0.2, 0.25) is 5.13 Å². The van der Waals surface area contributed by atoms with Gasteiger partial charge in [-0.2, -0.15) is 0 Å². The van der Waals surface area contributed by atoms with E-state index >= 15 is 0 Å². The number of benzene rings is 3. The minimum atomic E-state index is -1.00. The van der Waals surface area contributed by atoms with E-state index in [0.717, 1.165) is 22.5 Å². The topological polar surface area (TPSA) is 102 Å². The number of carbonyl (C=O) groups excluding carboxylic acids is 2. The number of halogens is 1. The van der Waals surface area contributed by atoms with E-state index in [1.807, 2.05) is 44.2 Å². The van der Waals surface area contributed by atoms with E-state index in [4.69, 9.17) is 9.47 Å². The standard InChI is InChI=1S/C32H28FN3O5S2/c1-3-40-25-17-13-22(18-26(25)41-4-2)28-27(24(37)16-12-20-8-6-5-7-9-20)29(38)30(39)36(28)31-34-35-32(43-31)42-19-21-10-14-23(33)15-11-21/h5-18,28,38H,3-4,19H2,1-2H3. The first-order chi connectivity index (χ1) is 20.9. The molecule has 0 saturated carbocycles. The third kappa shape index (κ3) is 6.79. The fourth-order valence-electron chi connectivity index (χ4n) is 4.52. The Balaban J connectivity index is 1.51. The van der Waals surface area contributed by atoms with Crippen LogP contribution in [0.25, 0.3) is 6.08 Å². The van der Waals surface area contributed by atoms with Gasteiger partial charge in [0.25, 0.3) is 5.91 Å². The molecule has 3 aromatic carbocycles. The van der Waals surface area contributed by atoms with Crippen molar-refractivity contribution in [1.29, 1.82) is 0 Å². The zero-order chi connectivity index (χ0) is 30.3. The Morgan fingerprint density at radius 2 is 1.74 bits per heavy atom. The number of aliphatic hydroxyl groups is 1. The van der Waals surface area contributed by atoms with Crippen molar-refractivity contribution in [2.45, 2.75) is 30.0 Å². The van der Waals surface area contributed by atoms with Gasteiger partial charge in [0.1, 0.15) is 5.82 Å².